The van der Waals surface area contributed by atoms with Gasteiger partial charge in [-0.1, -0.05) is 19.1 Å². The molecule has 2 aliphatic heterocycles. The molecular weight excluding hydrogens is 512 g/mol. The van der Waals surface area contributed by atoms with Crippen LogP contribution in [0.3, 0.4) is 0 Å². The number of likely N-dealkylation sites (tertiary alicyclic amines) is 1. The van der Waals surface area contributed by atoms with E-state index in [4.69, 9.17) is 4.74 Å². The molecule has 0 atom stereocenters. The lowest BCUT2D eigenvalue weighted by Gasteiger charge is -2.39. The van der Waals surface area contributed by atoms with E-state index >= 15 is 0 Å². The number of hydrogen-bond acceptors (Lipinski definition) is 8. The second-order valence-corrected chi connectivity index (χ2v) is 12.5. The van der Waals surface area contributed by atoms with Gasteiger partial charge in [-0.3, -0.25) is 4.90 Å². The van der Waals surface area contributed by atoms with E-state index < -0.39 is 5.60 Å². The number of aryl methyl sites for hydroxylation is 1. The van der Waals surface area contributed by atoms with Crippen LogP contribution >= 0.6 is 11.9 Å². The minimum absolute atomic E-state index is 0.0734. The molecule has 2 fully saturated rings. The van der Waals surface area contributed by atoms with Crippen LogP contribution in [0.1, 0.15) is 51.7 Å². The Morgan fingerprint density at radius 1 is 0.974 bits per heavy atom. The van der Waals surface area contributed by atoms with E-state index in [9.17, 15) is 15.0 Å². The van der Waals surface area contributed by atoms with Crippen molar-refractivity contribution >= 4 is 23.7 Å². The van der Waals surface area contributed by atoms with Crippen LogP contribution in [0.2, 0.25) is 0 Å². The molecule has 0 spiro atoms. The van der Waals surface area contributed by atoms with Crippen molar-refractivity contribution in [2.45, 2.75) is 64.0 Å². The summed E-state index contributed by atoms with van der Waals surface area (Å²) >= 11 is 1.35. The van der Waals surface area contributed by atoms with Crippen molar-refractivity contribution in [3.63, 3.8) is 0 Å². The zero-order chi connectivity index (χ0) is 28.0. The highest BCUT2D eigenvalue weighted by Gasteiger charge is 2.28. The summed E-state index contributed by atoms with van der Waals surface area (Å²) in [5.74, 6) is 0.847. The van der Waals surface area contributed by atoms with Crippen molar-refractivity contribution < 1.29 is 19.7 Å². The first-order valence-electron chi connectivity index (χ1n) is 14.1. The smallest absolute Gasteiger partial charge is 0.410 e. The Labute approximate surface area is 237 Å². The molecule has 2 heterocycles. The SMILES string of the molecule is CCc1cc(SNc2ccc(CN3CCN(CC4CCN(C(=O)OC(C)(C)C)CC4)CC3)cc2)c(O)cc1O. The number of piperazine rings is 1. The van der Waals surface area contributed by atoms with E-state index in [1.165, 1.54) is 23.6 Å². The molecule has 0 aliphatic carbocycles. The Balaban J connectivity index is 1.16. The van der Waals surface area contributed by atoms with Crippen LogP contribution in [0.15, 0.2) is 41.3 Å². The van der Waals surface area contributed by atoms with Gasteiger partial charge in [0.2, 0.25) is 0 Å². The van der Waals surface area contributed by atoms with Crippen LogP contribution in [-0.2, 0) is 17.7 Å². The maximum atomic E-state index is 12.3. The van der Waals surface area contributed by atoms with Gasteiger partial charge in [-0.2, -0.15) is 0 Å². The molecule has 0 aromatic heterocycles. The van der Waals surface area contributed by atoms with Gasteiger partial charge in [-0.15, -0.1) is 0 Å². The van der Waals surface area contributed by atoms with Crippen LogP contribution in [0.25, 0.3) is 0 Å². The van der Waals surface area contributed by atoms with Crippen molar-refractivity contribution in [3.8, 4) is 11.5 Å². The van der Waals surface area contributed by atoms with Gasteiger partial charge >= 0.3 is 6.09 Å². The molecule has 8 nitrogen and oxygen atoms in total. The number of hydrogen-bond donors (Lipinski definition) is 3. The van der Waals surface area contributed by atoms with Gasteiger partial charge in [0.15, 0.2) is 0 Å². The van der Waals surface area contributed by atoms with Crippen LogP contribution in [0.4, 0.5) is 10.5 Å². The van der Waals surface area contributed by atoms with Crippen molar-refractivity contribution in [2.75, 3.05) is 50.5 Å². The third kappa shape index (κ3) is 8.68. The maximum Gasteiger partial charge on any atom is 0.410 e. The maximum absolute atomic E-state index is 12.3. The molecule has 2 saturated heterocycles. The lowest BCUT2D eigenvalue weighted by molar-refractivity contribution is 0.0159. The van der Waals surface area contributed by atoms with E-state index in [1.807, 2.05) is 38.7 Å². The number of ether oxygens (including phenoxy) is 1. The Hall–Kier alpha value is -2.62. The monoisotopic (exact) mass is 556 g/mol. The number of phenolic OH excluding ortho intramolecular Hbond substituents is 2. The quantitative estimate of drug-likeness (QED) is 0.365. The summed E-state index contributed by atoms with van der Waals surface area (Å²) in [5, 5.41) is 20.0. The predicted molar refractivity (Wildman–Crippen MR) is 157 cm³/mol. The van der Waals surface area contributed by atoms with Crippen molar-refractivity contribution in [1.82, 2.24) is 14.7 Å². The summed E-state index contributed by atoms with van der Waals surface area (Å²) in [6.07, 6.45) is 2.62. The van der Waals surface area contributed by atoms with Gasteiger partial charge < -0.3 is 29.5 Å². The number of aromatic hydroxyl groups is 2. The number of phenols is 2. The first kappa shape index (κ1) is 29.4. The van der Waals surface area contributed by atoms with E-state index in [1.54, 1.807) is 0 Å². The lowest BCUT2D eigenvalue weighted by Crippen LogP contribution is -2.49. The van der Waals surface area contributed by atoms with Crippen molar-refractivity contribution in [2.24, 2.45) is 5.92 Å². The predicted octanol–water partition coefficient (Wildman–Crippen LogP) is 5.54. The number of benzene rings is 2. The highest BCUT2D eigenvalue weighted by Crippen LogP contribution is 2.35. The summed E-state index contributed by atoms with van der Waals surface area (Å²) in [5.41, 5.74) is 2.63. The summed E-state index contributed by atoms with van der Waals surface area (Å²) in [6, 6.07) is 11.7. The first-order valence-corrected chi connectivity index (χ1v) is 14.9. The number of nitrogens with one attached hydrogen (secondary N) is 1. The third-order valence-electron chi connectivity index (χ3n) is 7.43. The second kappa shape index (κ2) is 13.2. The Kier molecular flexibility index (Phi) is 9.91. The highest BCUT2D eigenvalue weighted by atomic mass is 32.2. The standard InChI is InChI=1S/C30H44N4O4S/c1-5-24-18-28(27(36)19-26(24)35)39-31-25-8-6-22(7-9-25)20-32-14-16-33(17-15-32)21-23-10-12-34(13-11-23)29(37)38-30(2,3)4/h6-9,18-19,23,31,35-36H,5,10-17,20-21H2,1-4H3. The van der Waals surface area contributed by atoms with Crippen LogP contribution < -0.4 is 4.72 Å². The van der Waals surface area contributed by atoms with E-state index in [-0.39, 0.29) is 17.6 Å². The molecule has 2 aliphatic rings. The third-order valence-corrected chi connectivity index (χ3v) is 8.31. The second-order valence-electron chi connectivity index (χ2n) is 11.7. The van der Waals surface area contributed by atoms with Gasteiger partial charge in [-0.05, 0) is 87.2 Å². The first-order chi connectivity index (χ1) is 18.6. The number of rotatable bonds is 8. The number of carbonyl (C=O) groups is 1. The summed E-state index contributed by atoms with van der Waals surface area (Å²) < 4.78 is 8.82. The van der Waals surface area contributed by atoms with Gasteiger partial charge in [0.25, 0.3) is 0 Å². The van der Waals surface area contributed by atoms with Gasteiger partial charge in [0.05, 0.1) is 4.90 Å². The molecule has 0 saturated carbocycles. The Morgan fingerprint density at radius 2 is 1.62 bits per heavy atom. The van der Waals surface area contributed by atoms with E-state index in [0.29, 0.717) is 17.2 Å². The van der Waals surface area contributed by atoms with Crippen molar-refractivity contribution in [1.29, 1.82) is 0 Å². The topological polar surface area (TPSA) is 88.5 Å². The highest BCUT2D eigenvalue weighted by molar-refractivity contribution is 8.00. The molecule has 214 valence electrons. The fourth-order valence-corrected chi connectivity index (χ4v) is 5.86. The Morgan fingerprint density at radius 3 is 2.23 bits per heavy atom. The molecule has 3 N–H and O–H groups in total. The van der Waals surface area contributed by atoms with E-state index in [2.05, 4.69) is 38.8 Å². The van der Waals surface area contributed by atoms with Crippen molar-refractivity contribution in [3.05, 3.63) is 47.5 Å². The normalized spacial score (nSPS) is 17.8. The number of amides is 1. The molecular formula is C30H44N4O4S. The molecule has 4 rings (SSSR count). The number of anilines is 1. The average molecular weight is 557 g/mol. The average Bonchev–Trinajstić information content (AvgIpc) is 2.89. The minimum atomic E-state index is -0.440. The molecule has 0 unspecified atom stereocenters. The van der Waals surface area contributed by atoms with Gasteiger partial charge in [0.1, 0.15) is 17.1 Å². The Bertz CT molecular complexity index is 1090. The fraction of sp³-hybridized carbons (Fsp3) is 0.567. The molecule has 39 heavy (non-hydrogen) atoms. The molecule has 0 radical (unpaired) electrons. The largest absolute Gasteiger partial charge is 0.508 e. The van der Waals surface area contributed by atoms with Crippen LogP contribution in [0.5, 0.6) is 11.5 Å². The van der Waals surface area contributed by atoms with Gasteiger partial charge in [0, 0.05) is 64.1 Å². The van der Waals surface area contributed by atoms with Crippen LogP contribution in [0, 0.1) is 5.92 Å². The molecule has 9 heteroatoms. The summed E-state index contributed by atoms with van der Waals surface area (Å²) in [4.78, 5) is 20.0. The zero-order valence-electron chi connectivity index (χ0n) is 23.8. The van der Waals surface area contributed by atoms with E-state index in [0.717, 1.165) is 76.5 Å². The molecule has 2 aromatic rings. The number of piperidine rings is 1. The molecule has 0 bridgehead atoms. The lowest BCUT2D eigenvalue weighted by atomic mass is 9.96. The zero-order valence-corrected chi connectivity index (χ0v) is 24.6. The summed E-state index contributed by atoms with van der Waals surface area (Å²) in [7, 11) is 0. The fourth-order valence-electron chi connectivity index (χ4n) is 5.13. The number of carbonyl (C=O) groups excluding carboxylic acids is 1. The van der Waals surface area contributed by atoms with Crippen LogP contribution in [-0.4, -0.2) is 82.4 Å². The molecule has 2 aromatic carbocycles. The summed E-state index contributed by atoms with van der Waals surface area (Å²) in [6.45, 7) is 15.6. The molecule has 1 amide bonds. The minimum Gasteiger partial charge on any atom is -0.508 e. The number of nitrogens with zero attached hydrogens (tertiary/aromatic N) is 3. The van der Waals surface area contributed by atoms with Gasteiger partial charge in [-0.25, -0.2) is 4.79 Å².